The van der Waals surface area contributed by atoms with Crippen molar-refractivity contribution in [1.29, 1.82) is 0 Å². The van der Waals surface area contributed by atoms with Crippen molar-refractivity contribution in [1.82, 2.24) is 5.32 Å². The molecule has 0 aliphatic carbocycles. The molecule has 4 nitrogen and oxygen atoms in total. The third-order valence-corrected chi connectivity index (χ3v) is 4.95. The van der Waals surface area contributed by atoms with E-state index in [1.165, 1.54) is 6.92 Å². The van der Waals surface area contributed by atoms with Crippen LogP contribution in [0.1, 0.15) is 6.92 Å². The minimum absolute atomic E-state index is 0.0586. The molecule has 1 N–H and O–H groups in total. The summed E-state index contributed by atoms with van der Waals surface area (Å²) in [6.07, 6.45) is 0. The third kappa shape index (κ3) is 3.72. The number of hydrogen-bond acceptors (Lipinski definition) is 4. The van der Waals surface area contributed by atoms with Crippen LogP contribution in [-0.2, 0) is 9.45 Å². The average Bonchev–Trinajstić information content (AvgIpc) is 2.67. The Morgan fingerprint density at radius 2 is 1.48 bits per heavy atom. The summed E-state index contributed by atoms with van der Waals surface area (Å²) >= 11 is 18.6. The van der Waals surface area contributed by atoms with Crippen molar-refractivity contribution in [2.75, 3.05) is 7.05 Å². The molecular formula is C19H17BCl3N2O2-. The number of carbonyl (C=O) groups excluding carboxylic acids is 1. The van der Waals surface area contributed by atoms with E-state index in [0.29, 0.717) is 0 Å². The van der Waals surface area contributed by atoms with Gasteiger partial charge in [-0.15, -0.1) is 10.9 Å². The minimum Gasteiger partial charge on any atom is -0.676 e. The Hall–Kier alpha value is -1.95. The highest BCUT2D eigenvalue weighted by Crippen LogP contribution is 2.36. The molecule has 0 bridgehead atoms. The van der Waals surface area contributed by atoms with Gasteiger partial charge < -0.3 is 14.9 Å². The van der Waals surface area contributed by atoms with Gasteiger partial charge in [0, 0.05) is 7.05 Å². The second-order valence-electron chi connectivity index (χ2n) is 6.17. The average molecular weight is 423 g/mol. The Kier molecular flexibility index (Phi) is 5.56. The lowest BCUT2D eigenvalue weighted by Gasteiger charge is -2.46. The second kappa shape index (κ2) is 7.59. The smallest absolute Gasteiger partial charge is 0.336 e. The van der Waals surface area contributed by atoms with E-state index >= 15 is 0 Å². The van der Waals surface area contributed by atoms with E-state index in [1.54, 1.807) is 7.05 Å². The summed E-state index contributed by atoms with van der Waals surface area (Å²) in [5.74, 6) is -0.0820. The first-order chi connectivity index (χ1) is 12.8. The fourth-order valence-corrected chi connectivity index (χ4v) is 3.67. The molecule has 1 heterocycles. The summed E-state index contributed by atoms with van der Waals surface area (Å²) < 4.78 is 4.44. The standard InChI is InChI=1S/C19H17BCl3N2O2/c1-13(26)16-17(19(21,22)23)25-20(27-18(16)24-2,14-9-5-3-6-10-14)15-11-7-4-8-12-15/h3-12,24H,1-2H3/q-1. The number of alkyl halides is 3. The molecule has 0 saturated carbocycles. The van der Waals surface area contributed by atoms with Crippen LogP contribution >= 0.6 is 34.8 Å². The number of allylic oxidation sites excluding steroid dienone is 1. The molecule has 27 heavy (non-hydrogen) atoms. The first-order valence-corrected chi connectivity index (χ1v) is 9.48. The number of ketones is 1. The molecule has 2 aromatic rings. The lowest BCUT2D eigenvalue weighted by Crippen LogP contribution is -2.63. The van der Waals surface area contributed by atoms with Crippen LogP contribution < -0.4 is 16.2 Å². The van der Waals surface area contributed by atoms with Gasteiger partial charge in [0.2, 0.25) is 3.79 Å². The Morgan fingerprint density at radius 3 is 1.85 bits per heavy atom. The number of hydrogen-bond donors (Lipinski definition) is 1. The monoisotopic (exact) mass is 421 g/mol. The van der Waals surface area contributed by atoms with Gasteiger partial charge in [0.1, 0.15) is 0 Å². The van der Waals surface area contributed by atoms with E-state index in [-0.39, 0.29) is 23.0 Å². The minimum atomic E-state index is -2.17. The van der Waals surface area contributed by atoms with E-state index in [0.717, 1.165) is 10.9 Å². The normalized spacial score (nSPS) is 16.4. The molecule has 3 rings (SSSR count). The van der Waals surface area contributed by atoms with Gasteiger partial charge in [0.25, 0.3) is 0 Å². The SMILES string of the molecule is CNC1=C(C(C)=O)C(C(Cl)(Cl)Cl)=N[B-](c2ccccc2)(c2ccccc2)O1. The Labute approximate surface area is 173 Å². The number of nitrogens with zero attached hydrogens (tertiary/aromatic N) is 1. The van der Waals surface area contributed by atoms with Crippen molar-refractivity contribution in [3.05, 3.63) is 72.1 Å². The lowest BCUT2D eigenvalue weighted by atomic mass is 9.42. The van der Waals surface area contributed by atoms with Crippen molar-refractivity contribution < 1.29 is 9.45 Å². The van der Waals surface area contributed by atoms with Gasteiger partial charge in [0.15, 0.2) is 11.7 Å². The van der Waals surface area contributed by atoms with Crippen molar-refractivity contribution in [2.45, 2.75) is 10.7 Å². The van der Waals surface area contributed by atoms with Gasteiger partial charge >= 0.3 is 6.48 Å². The first-order valence-electron chi connectivity index (χ1n) is 8.34. The van der Waals surface area contributed by atoms with E-state index in [4.69, 9.17) is 44.4 Å². The van der Waals surface area contributed by atoms with Crippen LogP contribution in [0.5, 0.6) is 0 Å². The van der Waals surface area contributed by atoms with Crippen LogP contribution in [0.15, 0.2) is 77.0 Å². The maximum atomic E-state index is 12.3. The Balaban J connectivity index is 2.36. The van der Waals surface area contributed by atoms with E-state index in [1.807, 2.05) is 60.7 Å². The molecule has 0 unspecified atom stereocenters. The summed E-state index contributed by atoms with van der Waals surface area (Å²) in [5.41, 5.74) is 1.78. The lowest BCUT2D eigenvalue weighted by molar-refractivity contribution is -0.113. The van der Waals surface area contributed by atoms with E-state index in [9.17, 15) is 4.79 Å². The molecule has 2 aromatic carbocycles. The fraction of sp³-hybridized carbons (Fsp3) is 0.158. The summed E-state index contributed by atoms with van der Waals surface area (Å²) in [4.78, 5) is 17.0. The van der Waals surface area contributed by atoms with Gasteiger partial charge in [-0.2, -0.15) is 0 Å². The van der Waals surface area contributed by atoms with Gasteiger partial charge in [-0.25, -0.2) is 0 Å². The highest BCUT2D eigenvalue weighted by molar-refractivity contribution is 6.98. The molecule has 0 atom stereocenters. The number of benzene rings is 2. The topological polar surface area (TPSA) is 50.7 Å². The van der Waals surface area contributed by atoms with Gasteiger partial charge in [-0.05, 0) is 6.92 Å². The molecule has 8 heteroatoms. The van der Waals surface area contributed by atoms with Crippen molar-refractivity contribution in [2.24, 2.45) is 4.90 Å². The summed E-state index contributed by atoms with van der Waals surface area (Å²) in [6.45, 7) is -0.784. The van der Waals surface area contributed by atoms with E-state index in [2.05, 4.69) is 5.32 Å². The second-order valence-corrected chi connectivity index (χ2v) is 8.45. The molecule has 1 aliphatic rings. The zero-order valence-corrected chi connectivity index (χ0v) is 17.0. The predicted octanol–water partition coefficient (Wildman–Crippen LogP) is 3.10. The summed E-state index contributed by atoms with van der Waals surface area (Å²) in [5, 5.41) is 2.93. The first kappa shape index (κ1) is 19.8. The van der Waals surface area contributed by atoms with Crippen LogP contribution in [-0.4, -0.2) is 28.8 Å². The maximum Gasteiger partial charge on any atom is 0.336 e. The van der Waals surface area contributed by atoms with Crippen LogP contribution in [0.2, 0.25) is 0 Å². The molecule has 0 spiro atoms. The van der Waals surface area contributed by atoms with Crippen molar-refractivity contribution in [3.8, 4) is 0 Å². The molecule has 0 radical (unpaired) electrons. The number of nitrogens with one attached hydrogen (secondary N) is 1. The molecule has 0 saturated heterocycles. The number of carbonyl (C=O) groups is 1. The quantitative estimate of drug-likeness (QED) is 0.609. The molecule has 0 amide bonds. The zero-order chi connectivity index (χ0) is 19.7. The molecule has 0 fully saturated rings. The zero-order valence-electron chi connectivity index (χ0n) is 14.7. The fourth-order valence-electron chi connectivity index (χ4n) is 3.24. The maximum absolute atomic E-state index is 12.3. The van der Waals surface area contributed by atoms with Crippen molar-refractivity contribution >= 4 is 63.7 Å². The highest BCUT2D eigenvalue weighted by atomic mass is 35.6. The van der Waals surface area contributed by atoms with E-state index < -0.39 is 10.3 Å². The van der Waals surface area contributed by atoms with Crippen LogP contribution in [0.25, 0.3) is 0 Å². The largest absolute Gasteiger partial charge is 0.676 e. The highest BCUT2D eigenvalue weighted by Gasteiger charge is 2.43. The predicted molar refractivity (Wildman–Crippen MR) is 113 cm³/mol. The van der Waals surface area contributed by atoms with Crippen molar-refractivity contribution in [3.63, 3.8) is 0 Å². The number of rotatable bonds is 4. The van der Waals surface area contributed by atoms with Crippen LogP contribution in [0, 0.1) is 0 Å². The Morgan fingerprint density at radius 1 is 1.00 bits per heavy atom. The van der Waals surface area contributed by atoms with Gasteiger partial charge in [-0.1, -0.05) is 95.5 Å². The Bertz CT molecular complexity index is 870. The summed E-state index contributed by atoms with van der Waals surface area (Å²) in [6, 6.07) is 19.0. The molecule has 0 aromatic heterocycles. The van der Waals surface area contributed by atoms with Crippen LogP contribution in [0.3, 0.4) is 0 Å². The molecular weight excluding hydrogens is 405 g/mol. The number of Topliss-reactive ketones (excluding diaryl/α,β-unsaturated/α-hetero) is 1. The third-order valence-electron chi connectivity index (χ3n) is 4.41. The summed E-state index contributed by atoms with van der Waals surface area (Å²) in [7, 11) is 1.65. The van der Waals surface area contributed by atoms with Crippen LogP contribution in [0.4, 0.5) is 0 Å². The van der Waals surface area contributed by atoms with Gasteiger partial charge in [-0.3, -0.25) is 4.79 Å². The molecule has 1 aliphatic heterocycles. The number of halogens is 3. The molecule has 140 valence electrons. The van der Waals surface area contributed by atoms with Gasteiger partial charge in [0.05, 0.1) is 11.3 Å².